The molecule has 0 radical (unpaired) electrons. The van der Waals surface area contributed by atoms with Gasteiger partial charge < -0.3 is 9.47 Å². The summed E-state index contributed by atoms with van der Waals surface area (Å²) in [6.45, 7) is 3.42. The first-order valence-electron chi connectivity index (χ1n) is 6.35. The highest BCUT2D eigenvalue weighted by Gasteiger charge is 2.24. The van der Waals surface area contributed by atoms with Crippen molar-refractivity contribution in [1.82, 2.24) is 4.90 Å². The van der Waals surface area contributed by atoms with Gasteiger partial charge in [0, 0.05) is 39.0 Å². The van der Waals surface area contributed by atoms with Crippen LogP contribution in [0.2, 0.25) is 0 Å². The average molecular weight is 270 g/mol. The Kier molecular flexibility index (Phi) is 5.29. The van der Waals surface area contributed by atoms with Crippen molar-refractivity contribution in [3.8, 4) is 5.75 Å². The Morgan fingerprint density at radius 2 is 2.22 bits per heavy atom. The molecule has 1 atom stereocenters. The predicted molar refractivity (Wildman–Crippen MR) is 73.6 cm³/mol. The lowest BCUT2D eigenvalue weighted by atomic mass is 10.1. The highest BCUT2D eigenvalue weighted by atomic mass is 35.5. The molecule has 4 heteroatoms. The standard InChI is InChI=1S/C14H20ClNO2/c1-17-9-8-16(7-6-15)11-13-10-12-4-2-3-5-14(12)18-13/h2-5,13H,6-11H2,1H3. The quantitative estimate of drug-likeness (QED) is 0.708. The number of methoxy groups -OCH3 is 1. The molecule has 3 nitrogen and oxygen atoms in total. The van der Waals surface area contributed by atoms with E-state index < -0.39 is 0 Å². The molecule has 0 saturated heterocycles. The van der Waals surface area contributed by atoms with E-state index in [1.165, 1.54) is 5.56 Å². The lowest BCUT2D eigenvalue weighted by molar-refractivity contribution is 0.115. The summed E-state index contributed by atoms with van der Waals surface area (Å²) in [6.07, 6.45) is 1.23. The second kappa shape index (κ2) is 6.98. The molecule has 1 heterocycles. The molecule has 0 spiro atoms. The molecule has 0 fully saturated rings. The average Bonchev–Trinajstić information content (AvgIpc) is 2.78. The van der Waals surface area contributed by atoms with E-state index in [4.69, 9.17) is 21.1 Å². The molecule has 1 aliphatic heterocycles. The van der Waals surface area contributed by atoms with E-state index in [1.807, 2.05) is 12.1 Å². The number of nitrogens with zero attached hydrogens (tertiary/aromatic N) is 1. The second-order valence-electron chi connectivity index (χ2n) is 4.53. The molecule has 0 aromatic heterocycles. The van der Waals surface area contributed by atoms with E-state index in [0.717, 1.165) is 38.4 Å². The van der Waals surface area contributed by atoms with Gasteiger partial charge in [-0.1, -0.05) is 18.2 Å². The smallest absolute Gasteiger partial charge is 0.123 e. The van der Waals surface area contributed by atoms with Crippen LogP contribution in [0.25, 0.3) is 0 Å². The number of ether oxygens (including phenoxy) is 2. The van der Waals surface area contributed by atoms with Crippen LogP contribution in [-0.4, -0.2) is 50.2 Å². The van der Waals surface area contributed by atoms with Crippen LogP contribution in [-0.2, 0) is 11.2 Å². The fourth-order valence-electron chi connectivity index (χ4n) is 2.28. The van der Waals surface area contributed by atoms with Gasteiger partial charge in [0.15, 0.2) is 0 Å². The minimum atomic E-state index is 0.238. The van der Waals surface area contributed by atoms with Crippen molar-refractivity contribution in [3.63, 3.8) is 0 Å². The fraction of sp³-hybridized carbons (Fsp3) is 0.571. The topological polar surface area (TPSA) is 21.7 Å². The van der Waals surface area contributed by atoms with Gasteiger partial charge in [0.1, 0.15) is 11.9 Å². The Balaban J connectivity index is 1.86. The van der Waals surface area contributed by atoms with Gasteiger partial charge in [-0.25, -0.2) is 0 Å². The molecular formula is C14H20ClNO2. The van der Waals surface area contributed by atoms with E-state index in [-0.39, 0.29) is 6.10 Å². The summed E-state index contributed by atoms with van der Waals surface area (Å²) in [5, 5.41) is 0. The molecule has 0 N–H and O–H groups in total. The second-order valence-corrected chi connectivity index (χ2v) is 4.91. The number of alkyl halides is 1. The normalized spacial score (nSPS) is 17.8. The summed E-state index contributed by atoms with van der Waals surface area (Å²) in [7, 11) is 1.72. The number of hydrogen-bond donors (Lipinski definition) is 0. The Bertz CT molecular complexity index is 348. The Hall–Kier alpha value is -0.770. The molecule has 2 rings (SSSR count). The van der Waals surface area contributed by atoms with Crippen molar-refractivity contribution in [2.24, 2.45) is 0 Å². The predicted octanol–water partition coefficient (Wildman–Crippen LogP) is 2.18. The van der Waals surface area contributed by atoms with Crippen LogP contribution in [0.1, 0.15) is 5.56 Å². The summed E-state index contributed by atoms with van der Waals surface area (Å²) in [5.41, 5.74) is 1.31. The molecule has 1 unspecified atom stereocenters. The molecule has 0 saturated carbocycles. The van der Waals surface area contributed by atoms with Crippen molar-refractivity contribution in [2.75, 3.05) is 39.2 Å². The van der Waals surface area contributed by atoms with Crippen LogP contribution in [0.5, 0.6) is 5.75 Å². The van der Waals surface area contributed by atoms with Crippen molar-refractivity contribution < 1.29 is 9.47 Å². The molecule has 0 aliphatic carbocycles. The van der Waals surface area contributed by atoms with Crippen molar-refractivity contribution in [3.05, 3.63) is 29.8 Å². The van der Waals surface area contributed by atoms with Crippen molar-refractivity contribution >= 4 is 11.6 Å². The largest absolute Gasteiger partial charge is 0.488 e. The monoisotopic (exact) mass is 269 g/mol. The lowest BCUT2D eigenvalue weighted by Gasteiger charge is -2.24. The summed E-state index contributed by atoms with van der Waals surface area (Å²) in [4.78, 5) is 2.30. The lowest BCUT2D eigenvalue weighted by Crippen LogP contribution is -2.38. The van der Waals surface area contributed by atoms with Crippen molar-refractivity contribution in [1.29, 1.82) is 0 Å². The van der Waals surface area contributed by atoms with E-state index >= 15 is 0 Å². The SMILES string of the molecule is COCCN(CCCl)CC1Cc2ccccc2O1. The summed E-state index contributed by atoms with van der Waals surface area (Å²) >= 11 is 5.83. The molecular weight excluding hydrogens is 250 g/mol. The third-order valence-corrected chi connectivity index (χ3v) is 3.36. The number of hydrogen-bond acceptors (Lipinski definition) is 3. The highest BCUT2D eigenvalue weighted by Crippen LogP contribution is 2.28. The number of rotatable bonds is 7. The molecule has 0 amide bonds. The number of para-hydroxylation sites is 1. The van der Waals surface area contributed by atoms with Gasteiger partial charge in [-0.2, -0.15) is 0 Å². The zero-order chi connectivity index (χ0) is 12.8. The minimum absolute atomic E-state index is 0.238. The third-order valence-electron chi connectivity index (χ3n) is 3.19. The van der Waals surface area contributed by atoms with Crippen LogP contribution < -0.4 is 4.74 Å². The van der Waals surface area contributed by atoms with E-state index in [9.17, 15) is 0 Å². The maximum Gasteiger partial charge on any atom is 0.123 e. The molecule has 1 aromatic carbocycles. The minimum Gasteiger partial charge on any atom is -0.488 e. The first-order chi connectivity index (χ1) is 8.83. The van der Waals surface area contributed by atoms with Crippen molar-refractivity contribution in [2.45, 2.75) is 12.5 Å². The number of benzene rings is 1. The van der Waals surface area contributed by atoms with Crippen LogP contribution in [0.15, 0.2) is 24.3 Å². The summed E-state index contributed by atoms with van der Waals surface area (Å²) in [6, 6.07) is 8.25. The molecule has 100 valence electrons. The molecule has 1 aromatic rings. The van der Waals surface area contributed by atoms with Crippen LogP contribution in [0.3, 0.4) is 0 Å². The third kappa shape index (κ3) is 3.61. The van der Waals surface area contributed by atoms with Gasteiger partial charge >= 0.3 is 0 Å². The van der Waals surface area contributed by atoms with E-state index in [0.29, 0.717) is 5.88 Å². The van der Waals surface area contributed by atoms with E-state index in [2.05, 4.69) is 17.0 Å². The summed E-state index contributed by atoms with van der Waals surface area (Å²) < 4.78 is 11.1. The fourth-order valence-corrected chi connectivity index (χ4v) is 2.52. The first-order valence-corrected chi connectivity index (χ1v) is 6.88. The number of halogens is 1. The zero-order valence-electron chi connectivity index (χ0n) is 10.8. The Labute approximate surface area is 114 Å². The van der Waals surface area contributed by atoms with Gasteiger partial charge in [-0.05, 0) is 11.6 Å². The van der Waals surface area contributed by atoms with Gasteiger partial charge in [0.25, 0.3) is 0 Å². The molecule has 1 aliphatic rings. The molecule has 18 heavy (non-hydrogen) atoms. The zero-order valence-corrected chi connectivity index (χ0v) is 11.5. The van der Waals surface area contributed by atoms with Crippen LogP contribution in [0, 0.1) is 0 Å². The van der Waals surface area contributed by atoms with Gasteiger partial charge in [-0.15, -0.1) is 11.6 Å². The van der Waals surface area contributed by atoms with Crippen LogP contribution in [0.4, 0.5) is 0 Å². The Morgan fingerprint density at radius 1 is 1.39 bits per heavy atom. The maximum absolute atomic E-state index is 5.94. The van der Waals surface area contributed by atoms with Gasteiger partial charge in [-0.3, -0.25) is 4.90 Å². The number of fused-ring (bicyclic) bond motifs is 1. The molecule has 0 bridgehead atoms. The van der Waals surface area contributed by atoms with Crippen LogP contribution >= 0.6 is 11.6 Å². The van der Waals surface area contributed by atoms with Gasteiger partial charge in [0.05, 0.1) is 6.61 Å². The summed E-state index contributed by atoms with van der Waals surface area (Å²) in [5.74, 6) is 1.67. The van der Waals surface area contributed by atoms with E-state index in [1.54, 1.807) is 7.11 Å². The Morgan fingerprint density at radius 3 is 2.94 bits per heavy atom. The first kappa shape index (κ1) is 13.7. The van der Waals surface area contributed by atoms with Gasteiger partial charge in [0.2, 0.25) is 0 Å². The highest BCUT2D eigenvalue weighted by molar-refractivity contribution is 6.18. The maximum atomic E-state index is 5.94.